The van der Waals surface area contributed by atoms with Crippen LogP contribution in [0, 0.1) is 0 Å². The lowest BCUT2D eigenvalue weighted by atomic mass is 10.3. The maximum atomic E-state index is 11.4. The van der Waals surface area contributed by atoms with Gasteiger partial charge in [0.25, 0.3) is 0 Å². The fourth-order valence-corrected chi connectivity index (χ4v) is 1.71. The first-order valence-electron chi connectivity index (χ1n) is 5.77. The molecule has 1 aromatic rings. The zero-order valence-corrected chi connectivity index (χ0v) is 10.2. The van der Waals surface area contributed by atoms with Gasteiger partial charge in [0, 0.05) is 24.8 Å². The van der Waals surface area contributed by atoms with Gasteiger partial charge in [0.05, 0.1) is 6.20 Å². The van der Waals surface area contributed by atoms with Crippen molar-refractivity contribution in [1.29, 1.82) is 0 Å². The van der Waals surface area contributed by atoms with Gasteiger partial charge < -0.3 is 9.67 Å². The van der Waals surface area contributed by atoms with E-state index in [4.69, 9.17) is 0 Å². The number of rotatable bonds is 5. The molecular formula is C12H20N2O2. The van der Waals surface area contributed by atoms with Gasteiger partial charge in [-0.15, -0.1) is 0 Å². The predicted octanol–water partition coefficient (Wildman–Crippen LogP) is 1.42. The van der Waals surface area contributed by atoms with Gasteiger partial charge in [0.1, 0.15) is 0 Å². The fourth-order valence-electron chi connectivity index (χ4n) is 1.71. The Kier molecular flexibility index (Phi) is 4.55. The maximum Gasteiger partial charge on any atom is 0.223 e. The molecule has 0 radical (unpaired) electrons. The van der Waals surface area contributed by atoms with Crippen molar-refractivity contribution in [3.05, 3.63) is 28.2 Å². The van der Waals surface area contributed by atoms with Crippen molar-refractivity contribution in [3.63, 3.8) is 0 Å². The summed E-state index contributed by atoms with van der Waals surface area (Å²) in [5, 5.41) is 9.36. The molecule has 90 valence electrons. The Labute approximate surface area is 96.1 Å². The normalized spacial score (nSPS) is 11.0. The molecule has 4 heteroatoms. The van der Waals surface area contributed by atoms with Gasteiger partial charge in [-0.2, -0.15) is 0 Å². The summed E-state index contributed by atoms with van der Waals surface area (Å²) in [7, 11) is 0. The Balaban J connectivity index is 3.02. The molecule has 4 nitrogen and oxygen atoms in total. The number of aryl methyl sites for hydroxylation is 1. The average molecular weight is 224 g/mol. The molecule has 0 atom stereocenters. The third-order valence-electron chi connectivity index (χ3n) is 2.82. The molecule has 1 rings (SSSR count). The Morgan fingerprint density at radius 1 is 1.31 bits per heavy atom. The number of aromatic hydroxyl groups is 1. The van der Waals surface area contributed by atoms with E-state index in [1.165, 1.54) is 12.3 Å². The molecule has 0 spiro atoms. The first-order valence-corrected chi connectivity index (χ1v) is 5.77. The molecule has 0 amide bonds. The van der Waals surface area contributed by atoms with Crippen LogP contribution in [-0.4, -0.2) is 27.7 Å². The summed E-state index contributed by atoms with van der Waals surface area (Å²) < 4.78 is 1.91. The topological polar surface area (TPSA) is 45.5 Å². The third kappa shape index (κ3) is 2.85. The second kappa shape index (κ2) is 5.70. The molecule has 0 aromatic carbocycles. The van der Waals surface area contributed by atoms with Crippen molar-refractivity contribution >= 4 is 0 Å². The van der Waals surface area contributed by atoms with E-state index in [2.05, 4.69) is 18.7 Å². The predicted molar refractivity (Wildman–Crippen MR) is 64.7 cm³/mol. The van der Waals surface area contributed by atoms with Crippen molar-refractivity contribution < 1.29 is 5.11 Å². The molecule has 0 unspecified atom stereocenters. The highest BCUT2D eigenvalue weighted by molar-refractivity contribution is 5.20. The first-order chi connectivity index (χ1) is 7.62. The summed E-state index contributed by atoms with van der Waals surface area (Å²) in [6.45, 7) is 9.59. The molecule has 16 heavy (non-hydrogen) atoms. The zero-order chi connectivity index (χ0) is 12.1. The lowest BCUT2D eigenvalue weighted by Gasteiger charge is -2.20. The second-order valence-corrected chi connectivity index (χ2v) is 3.76. The van der Waals surface area contributed by atoms with Gasteiger partial charge >= 0.3 is 0 Å². The Morgan fingerprint density at radius 3 is 2.44 bits per heavy atom. The van der Waals surface area contributed by atoms with Gasteiger partial charge in [-0.1, -0.05) is 13.8 Å². The molecule has 1 aromatic heterocycles. The van der Waals surface area contributed by atoms with Crippen LogP contribution >= 0.6 is 0 Å². The third-order valence-corrected chi connectivity index (χ3v) is 2.82. The summed E-state index contributed by atoms with van der Waals surface area (Å²) in [6.07, 6.45) is 1.52. The van der Waals surface area contributed by atoms with Crippen LogP contribution in [0.4, 0.5) is 0 Å². The highest BCUT2D eigenvalue weighted by Crippen LogP contribution is 2.08. The molecule has 0 saturated heterocycles. The van der Waals surface area contributed by atoms with Crippen LogP contribution in [0.15, 0.2) is 17.1 Å². The molecule has 0 aliphatic heterocycles. The molecule has 1 heterocycles. The van der Waals surface area contributed by atoms with Crippen LogP contribution < -0.4 is 5.43 Å². The van der Waals surface area contributed by atoms with Crippen molar-refractivity contribution in [2.24, 2.45) is 0 Å². The van der Waals surface area contributed by atoms with Gasteiger partial charge in [0.2, 0.25) is 5.43 Å². The minimum atomic E-state index is -0.299. The lowest BCUT2D eigenvalue weighted by Crippen LogP contribution is -2.25. The number of hydrogen-bond donors (Lipinski definition) is 1. The van der Waals surface area contributed by atoms with Gasteiger partial charge in [-0.3, -0.25) is 9.69 Å². The molecule has 0 fully saturated rings. The number of pyridine rings is 1. The summed E-state index contributed by atoms with van der Waals surface area (Å²) in [4.78, 5) is 13.6. The first kappa shape index (κ1) is 12.8. The summed E-state index contributed by atoms with van der Waals surface area (Å²) in [5.41, 5.74) is 0.654. The van der Waals surface area contributed by atoms with Gasteiger partial charge in [-0.05, 0) is 20.0 Å². The van der Waals surface area contributed by atoms with E-state index < -0.39 is 0 Å². The van der Waals surface area contributed by atoms with Crippen LogP contribution in [-0.2, 0) is 13.1 Å². The molecule has 0 saturated carbocycles. The highest BCUT2D eigenvalue weighted by Gasteiger charge is 2.07. The van der Waals surface area contributed by atoms with Crippen LogP contribution in [0.25, 0.3) is 0 Å². The second-order valence-electron chi connectivity index (χ2n) is 3.76. The summed E-state index contributed by atoms with van der Waals surface area (Å²) in [5.74, 6) is -0.176. The molecule has 0 bridgehead atoms. The van der Waals surface area contributed by atoms with E-state index in [0.717, 1.165) is 31.9 Å². The molecular weight excluding hydrogens is 204 g/mol. The smallest absolute Gasteiger partial charge is 0.223 e. The zero-order valence-electron chi connectivity index (χ0n) is 10.2. The average Bonchev–Trinajstić information content (AvgIpc) is 2.29. The molecule has 0 aliphatic rings. The van der Waals surface area contributed by atoms with E-state index in [0.29, 0.717) is 0 Å². The number of hydrogen-bond acceptors (Lipinski definition) is 3. The summed E-state index contributed by atoms with van der Waals surface area (Å²) in [6, 6.07) is 1.52. The number of aromatic nitrogens is 1. The van der Waals surface area contributed by atoms with E-state index in [1.54, 1.807) is 0 Å². The van der Waals surface area contributed by atoms with Crippen LogP contribution in [0.3, 0.4) is 0 Å². The minimum absolute atomic E-state index is 0.176. The van der Waals surface area contributed by atoms with E-state index in [9.17, 15) is 9.90 Å². The fraction of sp³-hybridized carbons (Fsp3) is 0.583. The highest BCUT2D eigenvalue weighted by atomic mass is 16.3. The van der Waals surface area contributed by atoms with Crippen LogP contribution in [0.1, 0.15) is 26.5 Å². The van der Waals surface area contributed by atoms with Crippen molar-refractivity contribution in [2.45, 2.75) is 33.9 Å². The van der Waals surface area contributed by atoms with E-state index >= 15 is 0 Å². The Morgan fingerprint density at radius 2 is 1.94 bits per heavy atom. The van der Waals surface area contributed by atoms with Crippen LogP contribution in [0.2, 0.25) is 0 Å². The van der Waals surface area contributed by atoms with Crippen molar-refractivity contribution in [1.82, 2.24) is 9.47 Å². The maximum absolute atomic E-state index is 11.4. The van der Waals surface area contributed by atoms with Crippen LogP contribution in [0.5, 0.6) is 5.75 Å². The number of nitrogens with zero attached hydrogens (tertiary/aromatic N) is 2. The minimum Gasteiger partial charge on any atom is -0.503 e. The quantitative estimate of drug-likeness (QED) is 0.822. The monoisotopic (exact) mass is 224 g/mol. The van der Waals surface area contributed by atoms with Crippen molar-refractivity contribution in [3.8, 4) is 5.75 Å². The lowest BCUT2D eigenvalue weighted by molar-refractivity contribution is 0.286. The molecule has 1 N–H and O–H groups in total. The summed E-state index contributed by atoms with van der Waals surface area (Å²) >= 11 is 0. The molecule has 0 aliphatic carbocycles. The SMILES string of the molecule is CCN(CC)Cc1cc(=O)c(O)cn1CC. The Hall–Kier alpha value is -1.29. The Bertz CT molecular complexity index is 394. The van der Waals surface area contributed by atoms with E-state index in [1.807, 2.05) is 11.5 Å². The van der Waals surface area contributed by atoms with Gasteiger partial charge in [-0.25, -0.2) is 0 Å². The van der Waals surface area contributed by atoms with Crippen molar-refractivity contribution in [2.75, 3.05) is 13.1 Å². The largest absolute Gasteiger partial charge is 0.503 e. The standard InChI is InChI=1S/C12H20N2O2/c1-4-13(5-2)8-10-7-11(15)12(16)9-14(10)6-3/h7,9,16H,4-6,8H2,1-3H3. The van der Waals surface area contributed by atoms with E-state index in [-0.39, 0.29) is 11.2 Å². The van der Waals surface area contributed by atoms with Gasteiger partial charge in [0.15, 0.2) is 5.75 Å².